The van der Waals surface area contributed by atoms with E-state index in [2.05, 4.69) is 50.4 Å². The molecule has 0 amide bonds. The van der Waals surface area contributed by atoms with Gasteiger partial charge < -0.3 is 16.0 Å². The van der Waals surface area contributed by atoms with Gasteiger partial charge in [-0.15, -0.1) is 0 Å². The van der Waals surface area contributed by atoms with Gasteiger partial charge in [0.05, 0.1) is 0 Å². The number of nitrogens with zero attached hydrogens (tertiary/aromatic N) is 3. The molecule has 3 aromatic rings. The van der Waals surface area contributed by atoms with Gasteiger partial charge in [-0.05, 0) is 55.8 Å². The molecule has 1 aromatic heterocycles. The number of nitrogens with two attached hydrogens (primary N) is 1. The zero-order valence-electron chi connectivity index (χ0n) is 17.1. The molecule has 5 nitrogen and oxygen atoms in total. The fourth-order valence-electron chi connectivity index (χ4n) is 3.87. The molecule has 6 heteroatoms. The average molecular weight is 406 g/mol. The van der Waals surface area contributed by atoms with Crippen LogP contribution in [0.15, 0.2) is 66.7 Å². The number of halogens is 1. The first-order chi connectivity index (χ1) is 14.7. The first-order valence-corrected chi connectivity index (χ1v) is 10.5. The topological polar surface area (TPSA) is 57.4 Å². The van der Waals surface area contributed by atoms with Gasteiger partial charge in [0, 0.05) is 55.0 Å². The number of aryl methyl sites for hydroxylation is 1. The Balaban J connectivity index is 1.27. The van der Waals surface area contributed by atoms with E-state index < -0.39 is 0 Å². The quantitative estimate of drug-likeness (QED) is 0.614. The van der Waals surface area contributed by atoms with Crippen LogP contribution in [0.5, 0.6) is 0 Å². The highest BCUT2D eigenvalue weighted by molar-refractivity contribution is 5.60. The van der Waals surface area contributed by atoms with Crippen molar-refractivity contribution in [3.05, 3.63) is 78.2 Å². The Labute approximate surface area is 177 Å². The number of nitrogens with one attached hydrogen (secondary N) is 1. The van der Waals surface area contributed by atoms with E-state index in [-0.39, 0.29) is 5.82 Å². The number of para-hydroxylation sites is 1. The average Bonchev–Trinajstić information content (AvgIpc) is 2.74. The second-order valence-electron chi connectivity index (χ2n) is 7.68. The van der Waals surface area contributed by atoms with Crippen LogP contribution in [-0.4, -0.2) is 42.6 Å². The summed E-state index contributed by atoms with van der Waals surface area (Å²) in [5.74, 6) is 0.364. The highest BCUT2D eigenvalue weighted by atomic mass is 19.1. The zero-order chi connectivity index (χ0) is 20.8. The van der Waals surface area contributed by atoms with Gasteiger partial charge in [-0.2, -0.15) is 0 Å². The van der Waals surface area contributed by atoms with Gasteiger partial charge in [0.25, 0.3) is 0 Å². The standard InChI is InChI=1S/C24H28FN5/c25-19-6-4-7-21(16-19)27-24-18-20(26)17-22(28-24)8-5-11-29-12-14-30(15-13-29)23-9-2-1-3-10-23/h1-4,6-7,9-10,16-18H,5,8,11-15H2,(H3,26,27,28). The van der Waals surface area contributed by atoms with E-state index in [1.807, 2.05) is 12.1 Å². The molecule has 0 spiro atoms. The van der Waals surface area contributed by atoms with E-state index in [4.69, 9.17) is 5.73 Å². The van der Waals surface area contributed by atoms with E-state index in [1.54, 1.807) is 12.1 Å². The molecule has 2 heterocycles. The molecule has 0 unspecified atom stereocenters. The van der Waals surface area contributed by atoms with Gasteiger partial charge in [-0.1, -0.05) is 24.3 Å². The Hall–Kier alpha value is -3.12. The van der Waals surface area contributed by atoms with Gasteiger partial charge in [0.2, 0.25) is 0 Å². The lowest BCUT2D eigenvalue weighted by molar-refractivity contribution is 0.255. The molecule has 1 fully saturated rings. The molecule has 0 radical (unpaired) electrons. The summed E-state index contributed by atoms with van der Waals surface area (Å²) >= 11 is 0. The van der Waals surface area contributed by atoms with E-state index in [9.17, 15) is 4.39 Å². The van der Waals surface area contributed by atoms with E-state index in [0.717, 1.165) is 51.3 Å². The number of rotatable bonds is 7. The third kappa shape index (κ3) is 5.48. The molecular weight excluding hydrogens is 377 g/mol. The largest absolute Gasteiger partial charge is 0.399 e. The SMILES string of the molecule is Nc1cc(CCCN2CCN(c3ccccc3)CC2)nc(Nc2cccc(F)c2)c1. The van der Waals surface area contributed by atoms with Crippen LogP contribution in [0.3, 0.4) is 0 Å². The fourth-order valence-corrected chi connectivity index (χ4v) is 3.87. The number of nitrogen functional groups attached to an aromatic ring is 1. The Morgan fingerprint density at radius 3 is 2.50 bits per heavy atom. The lowest BCUT2D eigenvalue weighted by atomic mass is 10.2. The molecular formula is C24H28FN5. The number of hydrogen-bond acceptors (Lipinski definition) is 5. The Morgan fingerprint density at radius 2 is 1.73 bits per heavy atom. The van der Waals surface area contributed by atoms with Crippen LogP contribution in [0.25, 0.3) is 0 Å². The molecule has 0 aliphatic carbocycles. The van der Waals surface area contributed by atoms with Crippen molar-refractivity contribution in [1.29, 1.82) is 0 Å². The summed E-state index contributed by atoms with van der Waals surface area (Å²) in [5, 5.41) is 3.14. The first kappa shape index (κ1) is 20.2. The zero-order valence-corrected chi connectivity index (χ0v) is 17.1. The van der Waals surface area contributed by atoms with Crippen molar-refractivity contribution in [1.82, 2.24) is 9.88 Å². The monoisotopic (exact) mass is 405 g/mol. The number of pyridine rings is 1. The number of anilines is 4. The molecule has 1 saturated heterocycles. The summed E-state index contributed by atoms with van der Waals surface area (Å²) in [5.41, 5.74) is 9.64. The van der Waals surface area contributed by atoms with Gasteiger partial charge in [-0.25, -0.2) is 9.37 Å². The van der Waals surface area contributed by atoms with Crippen LogP contribution in [0.4, 0.5) is 27.3 Å². The lowest BCUT2D eigenvalue weighted by Crippen LogP contribution is -2.46. The molecule has 1 aliphatic heterocycles. The maximum atomic E-state index is 13.4. The smallest absolute Gasteiger partial charge is 0.132 e. The maximum absolute atomic E-state index is 13.4. The minimum absolute atomic E-state index is 0.281. The van der Waals surface area contributed by atoms with Gasteiger partial charge >= 0.3 is 0 Å². The Kier molecular flexibility index (Phi) is 6.44. The second kappa shape index (κ2) is 9.59. The van der Waals surface area contributed by atoms with E-state index in [1.165, 1.54) is 17.8 Å². The molecule has 4 rings (SSSR count). The van der Waals surface area contributed by atoms with Crippen LogP contribution >= 0.6 is 0 Å². The van der Waals surface area contributed by atoms with Crippen molar-refractivity contribution in [2.45, 2.75) is 12.8 Å². The highest BCUT2D eigenvalue weighted by Gasteiger charge is 2.16. The summed E-state index contributed by atoms with van der Waals surface area (Å²) in [6, 6.07) is 20.6. The van der Waals surface area contributed by atoms with Crippen molar-refractivity contribution >= 4 is 22.9 Å². The van der Waals surface area contributed by atoms with Crippen molar-refractivity contribution in [2.24, 2.45) is 0 Å². The molecule has 0 bridgehead atoms. The van der Waals surface area contributed by atoms with E-state index in [0.29, 0.717) is 17.2 Å². The van der Waals surface area contributed by atoms with Crippen LogP contribution < -0.4 is 16.0 Å². The third-order valence-electron chi connectivity index (χ3n) is 5.40. The Morgan fingerprint density at radius 1 is 0.933 bits per heavy atom. The molecule has 30 heavy (non-hydrogen) atoms. The third-order valence-corrected chi connectivity index (χ3v) is 5.40. The van der Waals surface area contributed by atoms with Crippen LogP contribution in [0, 0.1) is 5.82 Å². The molecule has 1 aliphatic rings. The number of aromatic nitrogens is 1. The predicted octanol–water partition coefficient (Wildman–Crippen LogP) is 4.30. The first-order valence-electron chi connectivity index (χ1n) is 10.5. The molecule has 156 valence electrons. The second-order valence-corrected chi connectivity index (χ2v) is 7.68. The van der Waals surface area contributed by atoms with Gasteiger partial charge in [0.1, 0.15) is 11.6 Å². The molecule has 0 atom stereocenters. The van der Waals surface area contributed by atoms with E-state index >= 15 is 0 Å². The minimum Gasteiger partial charge on any atom is -0.399 e. The summed E-state index contributed by atoms with van der Waals surface area (Å²) < 4.78 is 13.4. The van der Waals surface area contributed by atoms with Crippen molar-refractivity contribution in [2.75, 3.05) is 48.7 Å². The number of benzene rings is 2. The molecule has 3 N–H and O–H groups in total. The number of hydrogen-bond donors (Lipinski definition) is 2. The maximum Gasteiger partial charge on any atom is 0.132 e. The number of piperazine rings is 1. The highest BCUT2D eigenvalue weighted by Crippen LogP contribution is 2.20. The molecule has 2 aromatic carbocycles. The van der Waals surface area contributed by atoms with Crippen molar-refractivity contribution < 1.29 is 4.39 Å². The summed E-state index contributed by atoms with van der Waals surface area (Å²) in [7, 11) is 0. The van der Waals surface area contributed by atoms with Crippen LogP contribution in [0.1, 0.15) is 12.1 Å². The van der Waals surface area contributed by atoms with Crippen LogP contribution in [0.2, 0.25) is 0 Å². The van der Waals surface area contributed by atoms with Gasteiger partial charge in [0.15, 0.2) is 0 Å². The fraction of sp³-hybridized carbons (Fsp3) is 0.292. The minimum atomic E-state index is -0.281. The lowest BCUT2D eigenvalue weighted by Gasteiger charge is -2.36. The Bertz CT molecular complexity index is 955. The predicted molar refractivity (Wildman–Crippen MR) is 122 cm³/mol. The molecule has 0 saturated carbocycles. The van der Waals surface area contributed by atoms with Crippen molar-refractivity contribution in [3.8, 4) is 0 Å². The normalized spacial score (nSPS) is 14.6. The van der Waals surface area contributed by atoms with Gasteiger partial charge in [-0.3, -0.25) is 4.90 Å². The van der Waals surface area contributed by atoms with Crippen molar-refractivity contribution in [3.63, 3.8) is 0 Å². The summed E-state index contributed by atoms with van der Waals surface area (Å²) in [6.45, 7) is 5.31. The summed E-state index contributed by atoms with van der Waals surface area (Å²) in [4.78, 5) is 9.61. The van der Waals surface area contributed by atoms with Crippen LogP contribution in [-0.2, 0) is 6.42 Å². The summed E-state index contributed by atoms with van der Waals surface area (Å²) in [6.07, 6.45) is 1.89.